The van der Waals surface area contributed by atoms with Gasteiger partial charge in [0.15, 0.2) is 5.65 Å². The standard InChI is InChI=1S/C20H23N5O2/c1-13(2)25-19-16(11-22-25)10-17(12-21-19)24-18(26)9-14(3)23-20(27)15-7-5-4-6-8-15/h4-8,10-14H,9H2,1-3H3,(H,23,27)(H,24,26). The van der Waals surface area contributed by atoms with E-state index in [4.69, 9.17) is 0 Å². The van der Waals surface area contributed by atoms with Crippen LogP contribution in [0.15, 0.2) is 48.8 Å². The molecule has 1 atom stereocenters. The maximum absolute atomic E-state index is 12.3. The summed E-state index contributed by atoms with van der Waals surface area (Å²) < 4.78 is 1.84. The van der Waals surface area contributed by atoms with Gasteiger partial charge in [0.1, 0.15) is 0 Å². The average molecular weight is 365 g/mol. The van der Waals surface area contributed by atoms with Crippen molar-refractivity contribution >= 4 is 28.5 Å². The number of nitrogens with one attached hydrogen (secondary N) is 2. The molecule has 1 unspecified atom stereocenters. The Morgan fingerprint density at radius 3 is 2.56 bits per heavy atom. The van der Waals surface area contributed by atoms with Crippen molar-refractivity contribution in [3.05, 3.63) is 54.4 Å². The van der Waals surface area contributed by atoms with Gasteiger partial charge in [-0.2, -0.15) is 5.10 Å². The molecule has 2 N–H and O–H groups in total. The zero-order valence-corrected chi connectivity index (χ0v) is 15.6. The monoisotopic (exact) mass is 365 g/mol. The van der Waals surface area contributed by atoms with Gasteiger partial charge in [-0.1, -0.05) is 18.2 Å². The number of amides is 2. The highest BCUT2D eigenvalue weighted by Crippen LogP contribution is 2.19. The number of fused-ring (bicyclic) bond motifs is 1. The van der Waals surface area contributed by atoms with Gasteiger partial charge < -0.3 is 10.6 Å². The Labute approximate surface area is 157 Å². The van der Waals surface area contributed by atoms with Crippen LogP contribution in [-0.2, 0) is 4.79 Å². The predicted octanol–water partition coefficient (Wildman–Crippen LogP) is 3.16. The molecular formula is C20H23N5O2. The molecule has 2 aromatic heterocycles. The summed E-state index contributed by atoms with van der Waals surface area (Å²) in [5.41, 5.74) is 1.96. The molecule has 0 bridgehead atoms. The van der Waals surface area contributed by atoms with Crippen LogP contribution in [0, 0.1) is 0 Å². The van der Waals surface area contributed by atoms with Crippen LogP contribution in [0.25, 0.3) is 11.0 Å². The van der Waals surface area contributed by atoms with Crippen molar-refractivity contribution in [2.75, 3.05) is 5.32 Å². The van der Waals surface area contributed by atoms with Crippen LogP contribution < -0.4 is 10.6 Å². The first kappa shape index (κ1) is 18.6. The number of benzene rings is 1. The minimum Gasteiger partial charge on any atom is -0.349 e. The van der Waals surface area contributed by atoms with Crippen LogP contribution in [0.5, 0.6) is 0 Å². The molecular weight excluding hydrogens is 342 g/mol. The Morgan fingerprint density at radius 1 is 1.11 bits per heavy atom. The molecule has 0 aliphatic rings. The van der Waals surface area contributed by atoms with Gasteiger partial charge in [-0.25, -0.2) is 9.67 Å². The van der Waals surface area contributed by atoms with Crippen molar-refractivity contribution in [2.45, 2.75) is 39.3 Å². The molecule has 7 nitrogen and oxygen atoms in total. The number of aromatic nitrogens is 3. The second-order valence-electron chi connectivity index (χ2n) is 6.81. The molecule has 27 heavy (non-hydrogen) atoms. The maximum Gasteiger partial charge on any atom is 0.251 e. The highest BCUT2D eigenvalue weighted by atomic mass is 16.2. The number of rotatable bonds is 6. The third kappa shape index (κ3) is 4.49. The van der Waals surface area contributed by atoms with Gasteiger partial charge in [-0.3, -0.25) is 9.59 Å². The first-order chi connectivity index (χ1) is 12.9. The number of hydrogen-bond donors (Lipinski definition) is 2. The highest BCUT2D eigenvalue weighted by molar-refractivity contribution is 5.96. The largest absolute Gasteiger partial charge is 0.349 e. The molecule has 0 aliphatic carbocycles. The number of hydrogen-bond acceptors (Lipinski definition) is 4. The van der Waals surface area contributed by atoms with E-state index in [0.29, 0.717) is 11.3 Å². The van der Waals surface area contributed by atoms with E-state index in [1.165, 1.54) is 0 Å². The Hall–Kier alpha value is -3.22. The van der Waals surface area contributed by atoms with E-state index in [1.54, 1.807) is 43.6 Å². The van der Waals surface area contributed by atoms with Gasteiger partial charge in [0.05, 0.1) is 18.1 Å². The van der Waals surface area contributed by atoms with Crippen LogP contribution in [0.4, 0.5) is 5.69 Å². The van der Waals surface area contributed by atoms with Crippen molar-refractivity contribution in [1.82, 2.24) is 20.1 Å². The molecule has 0 radical (unpaired) electrons. The zero-order chi connectivity index (χ0) is 19.4. The third-order valence-electron chi connectivity index (χ3n) is 4.11. The number of pyridine rings is 1. The van der Waals surface area contributed by atoms with Crippen molar-refractivity contribution in [3.8, 4) is 0 Å². The molecule has 0 saturated heterocycles. The van der Waals surface area contributed by atoms with Crippen LogP contribution in [0.3, 0.4) is 0 Å². The summed E-state index contributed by atoms with van der Waals surface area (Å²) in [6.45, 7) is 5.87. The summed E-state index contributed by atoms with van der Waals surface area (Å²) in [7, 11) is 0. The first-order valence-corrected chi connectivity index (χ1v) is 8.93. The minimum atomic E-state index is -0.293. The summed E-state index contributed by atoms with van der Waals surface area (Å²) in [5, 5.41) is 10.8. The fourth-order valence-electron chi connectivity index (χ4n) is 2.82. The van der Waals surface area contributed by atoms with E-state index < -0.39 is 0 Å². The highest BCUT2D eigenvalue weighted by Gasteiger charge is 2.14. The SMILES string of the molecule is CC(CC(=O)Nc1cnc2c(cnn2C(C)C)c1)NC(=O)c1ccccc1. The molecule has 3 rings (SSSR count). The van der Waals surface area contributed by atoms with E-state index >= 15 is 0 Å². The number of nitrogens with zero attached hydrogens (tertiary/aromatic N) is 3. The van der Waals surface area contributed by atoms with Gasteiger partial charge in [0, 0.05) is 29.5 Å². The fraction of sp³-hybridized carbons (Fsp3) is 0.300. The lowest BCUT2D eigenvalue weighted by Crippen LogP contribution is -2.35. The summed E-state index contributed by atoms with van der Waals surface area (Å²) in [5.74, 6) is -0.381. The normalized spacial score (nSPS) is 12.1. The second-order valence-corrected chi connectivity index (χ2v) is 6.81. The smallest absolute Gasteiger partial charge is 0.251 e. The Balaban J connectivity index is 1.58. The molecule has 0 aliphatic heterocycles. The summed E-state index contributed by atoms with van der Waals surface area (Å²) in [6, 6.07) is 10.7. The van der Waals surface area contributed by atoms with Crippen LogP contribution in [0.2, 0.25) is 0 Å². The van der Waals surface area contributed by atoms with Crippen LogP contribution in [-0.4, -0.2) is 32.6 Å². The molecule has 7 heteroatoms. The van der Waals surface area contributed by atoms with Crippen molar-refractivity contribution in [2.24, 2.45) is 0 Å². The predicted molar refractivity (Wildman–Crippen MR) is 105 cm³/mol. The van der Waals surface area contributed by atoms with Gasteiger partial charge in [0.25, 0.3) is 5.91 Å². The van der Waals surface area contributed by atoms with Crippen molar-refractivity contribution in [1.29, 1.82) is 0 Å². The number of carbonyl (C=O) groups is 2. The van der Waals surface area contributed by atoms with Crippen molar-refractivity contribution in [3.63, 3.8) is 0 Å². The van der Waals surface area contributed by atoms with Crippen LogP contribution in [0.1, 0.15) is 43.6 Å². The third-order valence-corrected chi connectivity index (χ3v) is 4.11. The van der Waals surface area contributed by atoms with Crippen molar-refractivity contribution < 1.29 is 9.59 Å². The molecule has 140 valence electrons. The molecule has 0 saturated carbocycles. The van der Waals surface area contributed by atoms with Gasteiger partial charge >= 0.3 is 0 Å². The minimum absolute atomic E-state index is 0.169. The summed E-state index contributed by atoms with van der Waals surface area (Å²) >= 11 is 0. The van der Waals surface area contributed by atoms with Gasteiger partial charge in [-0.15, -0.1) is 0 Å². The quantitative estimate of drug-likeness (QED) is 0.702. The lowest BCUT2D eigenvalue weighted by Gasteiger charge is -2.14. The summed E-state index contributed by atoms with van der Waals surface area (Å²) in [4.78, 5) is 28.8. The molecule has 2 heterocycles. The van der Waals surface area contributed by atoms with E-state index in [2.05, 4.69) is 20.7 Å². The fourth-order valence-corrected chi connectivity index (χ4v) is 2.82. The average Bonchev–Trinajstić information content (AvgIpc) is 3.05. The Morgan fingerprint density at radius 2 is 1.85 bits per heavy atom. The van der Waals surface area contributed by atoms with E-state index in [0.717, 1.165) is 11.0 Å². The summed E-state index contributed by atoms with van der Waals surface area (Å²) in [6.07, 6.45) is 3.52. The topological polar surface area (TPSA) is 88.9 Å². The molecule has 3 aromatic rings. The molecule has 1 aromatic carbocycles. The number of carbonyl (C=O) groups excluding carboxylic acids is 2. The van der Waals surface area contributed by atoms with E-state index in [1.807, 2.05) is 30.7 Å². The lowest BCUT2D eigenvalue weighted by atomic mass is 10.1. The van der Waals surface area contributed by atoms with Gasteiger partial charge in [0.2, 0.25) is 5.91 Å². The Kier molecular flexibility index (Phi) is 5.49. The zero-order valence-electron chi connectivity index (χ0n) is 15.6. The maximum atomic E-state index is 12.3. The lowest BCUT2D eigenvalue weighted by molar-refractivity contribution is -0.116. The number of anilines is 1. The first-order valence-electron chi connectivity index (χ1n) is 8.93. The van der Waals surface area contributed by atoms with E-state index in [-0.39, 0.29) is 30.3 Å². The molecule has 2 amide bonds. The Bertz CT molecular complexity index is 949. The van der Waals surface area contributed by atoms with E-state index in [9.17, 15) is 9.59 Å². The van der Waals surface area contributed by atoms with Crippen LogP contribution >= 0.6 is 0 Å². The molecule has 0 spiro atoms. The molecule has 0 fully saturated rings. The van der Waals surface area contributed by atoms with Gasteiger partial charge in [-0.05, 0) is 39.0 Å². The second kappa shape index (κ2) is 7.99.